The molecule has 0 atom stereocenters. The van der Waals surface area contributed by atoms with E-state index >= 15 is 0 Å². The molecule has 0 spiro atoms. The van der Waals surface area contributed by atoms with Crippen LogP contribution in [0.15, 0.2) is 150 Å². The van der Waals surface area contributed by atoms with Crippen LogP contribution in [0.5, 0.6) is 17.2 Å². The first-order valence-corrected chi connectivity index (χ1v) is 24.5. The fourth-order valence-electron chi connectivity index (χ4n) is 9.32. The summed E-state index contributed by atoms with van der Waals surface area (Å²) in [6.07, 6.45) is 1.51. The summed E-state index contributed by atoms with van der Waals surface area (Å²) in [5, 5.41) is 20.3. The molecule has 9 rings (SSSR count). The summed E-state index contributed by atoms with van der Waals surface area (Å²) in [5.74, 6) is -13.4. The van der Waals surface area contributed by atoms with Crippen LogP contribution in [-0.4, -0.2) is 62.2 Å². The lowest BCUT2D eigenvalue weighted by atomic mass is 9.80. The van der Waals surface area contributed by atoms with E-state index in [2.05, 4.69) is 24.8 Å². The Labute approximate surface area is 442 Å². The van der Waals surface area contributed by atoms with E-state index in [1.807, 2.05) is 91.0 Å². The van der Waals surface area contributed by atoms with Crippen LogP contribution in [0, 0.1) is 39.2 Å². The molecular formula is C57H46ClF5N6O8. The number of non-ortho nitro benzene ring substituents is 1. The van der Waals surface area contributed by atoms with Crippen LogP contribution in [0.3, 0.4) is 0 Å². The SMILES string of the molecule is COc1ccc(C(OCCCN(CCCC(=O)N2CCc3c2ccc2[nH]c(C(=O)Oc4c(F)c(F)c(F)c(F)c4F)cc32)c2ccc(N=Nc3ccc([N+](=O)[O-])cc3Cl)cc2)(c2ccccc2)c2ccc(OC)cc2)cc1. The largest absolute Gasteiger partial charge is 0.497 e. The molecule has 0 saturated carbocycles. The Morgan fingerprint density at radius 2 is 1.35 bits per heavy atom. The molecule has 1 amide bonds. The van der Waals surface area contributed by atoms with Gasteiger partial charge in [-0.05, 0) is 114 Å². The van der Waals surface area contributed by atoms with E-state index in [0.717, 1.165) is 22.4 Å². The number of esters is 1. The number of nitrogens with one attached hydrogen (secondary N) is 1. The van der Waals surface area contributed by atoms with Crippen LogP contribution in [0.1, 0.15) is 52.0 Å². The van der Waals surface area contributed by atoms with E-state index < -0.39 is 51.3 Å². The van der Waals surface area contributed by atoms with Crippen molar-refractivity contribution in [2.45, 2.75) is 31.3 Å². The molecule has 2 heterocycles. The van der Waals surface area contributed by atoms with Crippen LogP contribution in [0.2, 0.25) is 5.02 Å². The molecule has 7 aromatic carbocycles. The third kappa shape index (κ3) is 11.0. The van der Waals surface area contributed by atoms with Gasteiger partial charge in [-0.3, -0.25) is 14.9 Å². The van der Waals surface area contributed by atoms with Crippen molar-refractivity contribution in [3.63, 3.8) is 0 Å². The van der Waals surface area contributed by atoms with Gasteiger partial charge in [-0.25, -0.2) is 18.0 Å². The second kappa shape index (κ2) is 23.1. The topological polar surface area (TPSA) is 161 Å². The third-order valence-electron chi connectivity index (χ3n) is 13.2. The Kier molecular flexibility index (Phi) is 15.9. The molecule has 0 bridgehead atoms. The summed E-state index contributed by atoms with van der Waals surface area (Å²) in [5.41, 5.74) is 4.37. The number of nitro benzene ring substituents is 1. The van der Waals surface area contributed by atoms with Crippen molar-refractivity contribution in [2.75, 3.05) is 50.3 Å². The van der Waals surface area contributed by atoms with Gasteiger partial charge < -0.3 is 33.7 Å². The number of H-pyrrole nitrogens is 1. The fraction of sp³-hybridized carbons (Fsp3) is 0.193. The second-order valence-electron chi connectivity index (χ2n) is 17.7. The summed E-state index contributed by atoms with van der Waals surface area (Å²) in [7, 11) is 3.22. The van der Waals surface area contributed by atoms with Crippen molar-refractivity contribution < 1.29 is 55.4 Å². The highest BCUT2D eigenvalue weighted by Crippen LogP contribution is 2.42. The van der Waals surface area contributed by atoms with Crippen LogP contribution >= 0.6 is 11.6 Å². The number of fused-ring (bicyclic) bond motifs is 3. The predicted molar refractivity (Wildman–Crippen MR) is 279 cm³/mol. The van der Waals surface area contributed by atoms with Crippen molar-refractivity contribution in [2.24, 2.45) is 10.2 Å². The Hall–Kier alpha value is -8.68. The molecule has 0 fully saturated rings. The first kappa shape index (κ1) is 53.2. The van der Waals surface area contributed by atoms with Gasteiger partial charge in [0.15, 0.2) is 0 Å². The number of amides is 1. The van der Waals surface area contributed by atoms with Gasteiger partial charge in [0.1, 0.15) is 28.5 Å². The normalized spacial score (nSPS) is 12.3. The van der Waals surface area contributed by atoms with E-state index in [4.69, 9.17) is 25.8 Å². The Balaban J connectivity index is 0.933. The van der Waals surface area contributed by atoms with Gasteiger partial charge >= 0.3 is 5.97 Å². The first-order chi connectivity index (χ1) is 37.2. The van der Waals surface area contributed by atoms with Crippen molar-refractivity contribution in [1.29, 1.82) is 0 Å². The second-order valence-corrected chi connectivity index (χ2v) is 18.1. The maximum atomic E-state index is 14.3. The number of anilines is 2. The number of benzene rings is 7. The van der Waals surface area contributed by atoms with Gasteiger partial charge in [0.2, 0.25) is 40.7 Å². The molecule has 0 saturated heterocycles. The van der Waals surface area contributed by atoms with Crippen molar-refractivity contribution in [3.8, 4) is 17.2 Å². The van der Waals surface area contributed by atoms with Gasteiger partial charge in [0, 0.05) is 60.5 Å². The number of halogens is 6. The number of aromatic nitrogens is 1. The van der Waals surface area contributed by atoms with Crippen LogP contribution in [-0.2, 0) is 21.6 Å². The minimum atomic E-state index is -2.39. The molecule has 77 heavy (non-hydrogen) atoms. The molecule has 1 aliphatic heterocycles. The average Bonchev–Trinajstić information content (AvgIpc) is 4.15. The summed E-state index contributed by atoms with van der Waals surface area (Å²) in [6.45, 7) is 1.55. The number of aromatic amines is 1. The number of methoxy groups -OCH3 is 2. The lowest BCUT2D eigenvalue weighted by molar-refractivity contribution is -0.384. The molecule has 1 aromatic heterocycles. The number of rotatable bonds is 20. The highest BCUT2D eigenvalue weighted by atomic mass is 35.5. The van der Waals surface area contributed by atoms with Gasteiger partial charge in [0.25, 0.3) is 5.69 Å². The molecule has 8 aromatic rings. The Bertz CT molecular complexity index is 3440. The number of nitro groups is 1. The van der Waals surface area contributed by atoms with Gasteiger partial charge in [0.05, 0.1) is 36.5 Å². The maximum absolute atomic E-state index is 14.3. The lowest BCUT2D eigenvalue weighted by Gasteiger charge is -2.36. The summed E-state index contributed by atoms with van der Waals surface area (Å²) >= 11 is 6.26. The van der Waals surface area contributed by atoms with Crippen molar-refractivity contribution in [1.82, 2.24) is 4.98 Å². The third-order valence-corrected chi connectivity index (χ3v) is 13.5. The zero-order valence-electron chi connectivity index (χ0n) is 41.2. The molecule has 0 radical (unpaired) electrons. The monoisotopic (exact) mass is 1070 g/mol. The van der Waals surface area contributed by atoms with E-state index in [1.165, 1.54) is 24.3 Å². The number of carbonyl (C=O) groups is 2. The molecule has 14 nitrogen and oxygen atoms in total. The highest BCUT2D eigenvalue weighted by Gasteiger charge is 2.38. The number of ether oxygens (including phenoxy) is 4. The van der Waals surface area contributed by atoms with E-state index in [-0.39, 0.29) is 34.4 Å². The Morgan fingerprint density at radius 3 is 1.96 bits per heavy atom. The van der Waals surface area contributed by atoms with Gasteiger partial charge in [-0.1, -0.05) is 66.2 Å². The molecule has 0 aliphatic carbocycles. The molecule has 1 aliphatic rings. The zero-order valence-corrected chi connectivity index (χ0v) is 42.0. The minimum absolute atomic E-state index is 0.0700. The lowest BCUT2D eigenvalue weighted by Crippen LogP contribution is -2.34. The maximum Gasteiger partial charge on any atom is 0.360 e. The molecule has 1 N–H and O–H groups in total. The molecule has 0 unspecified atom stereocenters. The molecule has 394 valence electrons. The quantitative estimate of drug-likeness (QED) is 0.00748. The van der Waals surface area contributed by atoms with Crippen LogP contribution in [0.4, 0.5) is 50.4 Å². The minimum Gasteiger partial charge on any atom is -0.497 e. The van der Waals surface area contributed by atoms with Gasteiger partial charge in [-0.15, -0.1) is 5.11 Å². The first-order valence-electron chi connectivity index (χ1n) is 24.1. The van der Waals surface area contributed by atoms with Crippen LogP contribution in [0.25, 0.3) is 10.9 Å². The van der Waals surface area contributed by atoms with Crippen LogP contribution < -0.4 is 24.0 Å². The molecular weight excluding hydrogens is 1030 g/mol. The molecule has 20 heteroatoms. The van der Waals surface area contributed by atoms with Crippen molar-refractivity contribution >= 4 is 62.8 Å². The number of hydrogen-bond acceptors (Lipinski definition) is 11. The Morgan fingerprint density at radius 1 is 0.740 bits per heavy atom. The highest BCUT2D eigenvalue weighted by molar-refractivity contribution is 6.33. The zero-order chi connectivity index (χ0) is 54.4. The van der Waals surface area contributed by atoms with Gasteiger partial charge in [-0.2, -0.15) is 13.9 Å². The number of azo groups is 1. The van der Waals surface area contributed by atoms with Crippen molar-refractivity contribution in [3.05, 3.63) is 212 Å². The number of nitrogens with zero attached hydrogens (tertiary/aromatic N) is 5. The fourth-order valence-corrected chi connectivity index (χ4v) is 9.53. The number of hydrogen-bond donors (Lipinski definition) is 1. The predicted octanol–water partition coefficient (Wildman–Crippen LogP) is 13.7. The average molecular weight is 1070 g/mol. The van der Waals surface area contributed by atoms with E-state index in [9.17, 15) is 41.7 Å². The summed E-state index contributed by atoms with van der Waals surface area (Å²) in [6, 6.07) is 41.3. The smallest absolute Gasteiger partial charge is 0.360 e. The summed E-state index contributed by atoms with van der Waals surface area (Å²) < 4.78 is 92.8. The summed E-state index contributed by atoms with van der Waals surface area (Å²) in [4.78, 5) is 44.3. The standard InChI is InChI=1S/C57H46ClF5N6O8/c1-74-40-20-11-35(12-21-40)57(34-8-4-3-5-9-34,36-13-22-41(75-2)23-14-36)76-31-7-29-67(38-17-15-37(16-18-38)65-66-46-24-19-39(69(72)73)32-44(46)58)28-6-10-49(70)68-30-27-42-43-33-47(64-45(43)25-26-48(42)68)56(71)77-55-53(62)51(60)50(59)52(61)54(55)63/h3-5,8-9,11-26,32-33,64H,6-7,10,27-31H2,1-2H3. The number of carbonyl (C=O) groups excluding carboxylic acids is 2. The van der Waals surface area contributed by atoms with E-state index in [1.54, 1.807) is 43.4 Å². The van der Waals surface area contributed by atoms with E-state index in [0.29, 0.717) is 84.8 Å².